The summed E-state index contributed by atoms with van der Waals surface area (Å²) in [6.07, 6.45) is 4.03. The van der Waals surface area contributed by atoms with E-state index >= 15 is 0 Å². The Morgan fingerprint density at radius 2 is 1.45 bits per heavy atom. The van der Waals surface area contributed by atoms with Gasteiger partial charge in [0.05, 0.1) is 23.7 Å². The SMILES string of the molecule is C.OC1CCC(n2c(Nc3ccccc3F)nc3cnc(Nc4ccccc4F)nc32)CC1. The molecule has 1 saturated carbocycles. The number of fused-ring (bicyclic) bond motifs is 1. The Hall–Kier alpha value is -3.59. The fraction of sp³-hybridized carbons (Fsp3) is 0.292. The van der Waals surface area contributed by atoms with Crippen molar-refractivity contribution in [3.05, 3.63) is 66.4 Å². The topological polar surface area (TPSA) is 87.9 Å². The normalized spacial score (nSPS) is 18.0. The molecule has 2 heterocycles. The van der Waals surface area contributed by atoms with Gasteiger partial charge in [0.15, 0.2) is 5.65 Å². The second-order valence-corrected chi connectivity index (χ2v) is 7.88. The monoisotopic (exact) mass is 452 g/mol. The fourth-order valence-corrected chi connectivity index (χ4v) is 4.07. The molecule has 0 saturated heterocycles. The van der Waals surface area contributed by atoms with Gasteiger partial charge in [-0.3, -0.25) is 4.57 Å². The minimum atomic E-state index is -0.409. The van der Waals surface area contributed by atoms with Crippen molar-refractivity contribution in [3.8, 4) is 0 Å². The van der Waals surface area contributed by atoms with E-state index in [-0.39, 0.29) is 31.2 Å². The summed E-state index contributed by atoms with van der Waals surface area (Å²) in [4.78, 5) is 13.5. The Labute approximate surface area is 190 Å². The number of hydrogen-bond donors (Lipinski definition) is 3. The molecule has 0 bridgehead atoms. The number of hydrogen-bond acceptors (Lipinski definition) is 6. The van der Waals surface area contributed by atoms with Crippen LogP contribution in [-0.2, 0) is 0 Å². The summed E-state index contributed by atoms with van der Waals surface area (Å²) in [5.41, 5.74) is 1.66. The number of halogens is 2. The standard InChI is InChI=1S/C23H22F2N6O.CH4/c24-16-5-1-3-7-18(16)27-22-26-13-20-21(30-22)31(14-9-11-15(32)12-10-14)23(29-20)28-19-8-4-2-6-17(19)25;/h1-8,13-15,32H,9-12H2,(H,28,29)(H,26,27,30);1H4. The number of imidazole rings is 1. The molecule has 0 aliphatic heterocycles. The van der Waals surface area contributed by atoms with Crippen molar-refractivity contribution in [2.45, 2.75) is 45.3 Å². The van der Waals surface area contributed by atoms with Crippen molar-refractivity contribution in [1.29, 1.82) is 0 Å². The molecule has 4 aromatic rings. The average Bonchev–Trinajstić information content (AvgIpc) is 3.15. The number of nitrogens with zero attached hydrogens (tertiary/aromatic N) is 4. The lowest BCUT2D eigenvalue weighted by Gasteiger charge is -2.28. The molecular weight excluding hydrogens is 426 g/mol. The second kappa shape index (κ2) is 9.50. The molecule has 1 aliphatic carbocycles. The van der Waals surface area contributed by atoms with Gasteiger partial charge in [-0.15, -0.1) is 0 Å². The lowest BCUT2D eigenvalue weighted by atomic mass is 9.93. The Morgan fingerprint density at radius 3 is 2.09 bits per heavy atom. The molecule has 9 heteroatoms. The van der Waals surface area contributed by atoms with Crippen molar-refractivity contribution in [2.24, 2.45) is 0 Å². The molecule has 1 fully saturated rings. The van der Waals surface area contributed by atoms with Gasteiger partial charge in [0, 0.05) is 6.04 Å². The van der Waals surface area contributed by atoms with Gasteiger partial charge in [-0.25, -0.2) is 18.7 Å². The summed E-state index contributed by atoms with van der Waals surface area (Å²) in [7, 11) is 0. The first kappa shape index (κ1) is 22.6. The van der Waals surface area contributed by atoms with Crippen LogP contribution in [0.25, 0.3) is 11.2 Å². The van der Waals surface area contributed by atoms with E-state index in [1.807, 2.05) is 4.57 Å². The zero-order chi connectivity index (χ0) is 22.1. The van der Waals surface area contributed by atoms with E-state index in [1.54, 1.807) is 42.6 Å². The van der Waals surface area contributed by atoms with E-state index < -0.39 is 11.6 Å². The van der Waals surface area contributed by atoms with Gasteiger partial charge in [0.25, 0.3) is 0 Å². The molecule has 5 rings (SSSR count). The number of nitrogens with one attached hydrogen (secondary N) is 2. The molecular formula is C24H26F2N6O. The zero-order valence-electron chi connectivity index (χ0n) is 17.2. The summed E-state index contributed by atoms with van der Waals surface area (Å²) in [5.74, 6) is -0.119. The number of anilines is 4. The van der Waals surface area contributed by atoms with Crippen molar-refractivity contribution >= 4 is 34.4 Å². The van der Waals surface area contributed by atoms with Crippen LogP contribution < -0.4 is 10.6 Å². The highest BCUT2D eigenvalue weighted by molar-refractivity contribution is 5.77. The third-order valence-corrected chi connectivity index (χ3v) is 5.70. The van der Waals surface area contributed by atoms with Crippen molar-refractivity contribution in [3.63, 3.8) is 0 Å². The molecule has 0 spiro atoms. The van der Waals surface area contributed by atoms with E-state index in [2.05, 4.69) is 25.6 Å². The number of aromatic nitrogens is 4. The zero-order valence-corrected chi connectivity index (χ0v) is 17.2. The molecule has 2 aromatic heterocycles. The molecule has 3 N–H and O–H groups in total. The van der Waals surface area contributed by atoms with Gasteiger partial charge < -0.3 is 15.7 Å². The van der Waals surface area contributed by atoms with Crippen LogP contribution in [0, 0.1) is 11.6 Å². The molecule has 172 valence electrons. The third kappa shape index (κ3) is 4.63. The Morgan fingerprint density at radius 1 is 0.848 bits per heavy atom. The fourth-order valence-electron chi connectivity index (χ4n) is 4.07. The van der Waals surface area contributed by atoms with Crippen LogP contribution in [0.5, 0.6) is 0 Å². The van der Waals surface area contributed by atoms with Crippen LogP contribution in [0.15, 0.2) is 54.7 Å². The van der Waals surface area contributed by atoms with Gasteiger partial charge in [-0.05, 0) is 49.9 Å². The van der Waals surface area contributed by atoms with Crippen molar-refractivity contribution in [1.82, 2.24) is 19.5 Å². The molecule has 0 unspecified atom stereocenters. The summed E-state index contributed by atoms with van der Waals surface area (Å²) >= 11 is 0. The summed E-state index contributed by atoms with van der Waals surface area (Å²) in [6.45, 7) is 0. The third-order valence-electron chi connectivity index (χ3n) is 5.70. The molecule has 0 atom stereocenters. The highest BCUT2D eigenvalue weighted by Gasteiger charge is 2.26. The van der Waals surface area contributed by atoms with Gasteiger partial charge in [0.2, 0.25) is 11.9 Å². The molecule has 1 aliphatic rings. The van der Waals surface area contributed by atoms with Crippen LogP contribution in [0.1, 0.15) is 39.2 Å². The van der Waals surface area contributed by atoms with E-state index in [1.165, 1.54) is 12.1 Å². The molecule has 0 radical (unpaired) electrons. The molecule has 33 heavy (non-hydrogen) atoms. The first-order valence-corrected chi connectivity index (χ1v) is 10.5. The maximum Gasteiger partial charge on any atom is 0.229 e. The highest BCUT2D eigenvalue weighted by atomic mass is 19.1. The largest absolute Gasteiger partial charge is 0.393 e. The summed E-state index contributed by atoms with van der Waals surface area (Å²) < 4.78 is 30.3. The van der Waals surface area contributed by atoms with E-state index in [0.29, 0.717) is 35.6 Å². The van der Waals surface area contributed by atoms with Crippen molar-refractivity contribution in [2.75, 3.05) is 10.6 Å². The van der Waals surface area contributed by atoms with Gasteiger partial charge in [-0.2, -0.15) is 4.98 Å². The number of para-hydroxylation sites is 2. The van der Waals surface area contributed by atoms with E-state index in [9.17, 15) is 13.9 Å². The average molecular weight is 453 g/mol. The maximum atomic E-state index is 14.3. The van der Waals surface area contributed by atoms with Crippen LogP contribution in [-0.4, -0.2) is 30.7 Å². The molecule has 2 aromatic carbocycles. The quantitative estimate of drug-likeness (QED) is 0.360. The van der Waals surface area contributed by atoms with E-state index in [0.717, 1.165) is 12.8 Å². The first-order chi connectivity index (χ1) is 15.6. The highest BCUT2D eigenvalue weighted by Crippen LogP contribution is 2.35. The van der Waals surface area contributed by atoms with Gasteiger partial charge >= 0.3 is 0 Å². The number of aliphatic hydroxyl groups excluding tert-OH is 1. The molecule has 7 nitrogen and oxygen atoms in total. The maximum absolute atomic E-state index is 14.3. The minimum Gasteiger partial charge on any atom is -0.393 e. The van der Waals surface area contributed by atoms with Crippen LogP contribution in [0.4, 0.5) is 32.1 Å². The van der Waals surface area contributed by atoms with E-state index in [4.69, 9.17) is 0 Å². The van der Waals surface area contributed by atoms with Gasteiger partial charge in [-0.1, -0.05) is 31.7 Å². The summed E-state index contributed by atoms with van der Waals surface area (Å²) in [6, 6.07) is 12.7. The summed E-state index contributed by atoms with van der Waals surface area (Å²) in [5, 5.41) is 15.9. The van der Waals surface area contributed by atoms with Crippen LogP contribution in [0.3, 0.4) is 0 Å². The smallest absolute Gasteiger partial charge is 0.229 e. The Kier molecular flexibility index (Phi) is 6.50. The first-order valence-electron chi connectivity index (χ1n) is 10.5. The predicted molar refractivity (Wildman–Crippen MR) is 125 cm³/mol. The number of benzene rings is 2. The minimum absolute atomic E-state index is 0. The second-order valence-electron chi connectivity index (χ2n) is 7.88. The lowest BCUT2D eigenvalue weighted by molar-refractivity contribution is 0.112. The number of rotatable bonds is 5. The molecule has 0 amide bonds. The van der Waals surface area contributed by atoms with Crippen molar-refractivity contribution < 1.29 is 13.9 Å². The van der Waals surface area contributed by atoms with Gasteiger partial charge in [0.1, 0.15) is 17.2 Å². The van der Waals surface area contributed by atoms with Crippen LogP contribution >= 0.6 is 0 Å². The van der Waals surface area contributed by atoms with Crippen LogP contribution in [0.2, 0.25) is 0 Å². The predicted octanol–water partition coefficient (Wildman–Crippen LogP) is 5.70. The lowest BCUT2D eigenvalue weighted by Crippen LogP contribution is -2.22. The Balaban J connectivity index is 0.00000259. The Bertz CT molecular complexity index is 1250. The number of aliphatic hydroxyl groups is 1.